The van der Waals surface area contributed by atoms with E-state index < -0.39 is 79.8 Å². The maximum absolute atomic E-state index is 11.6. The second-order valence-corrected chi connectivity index (χ2v) is 6.65. The molecule has 13 nitrogen and oxygen atoms in total. The van der Waals surface area contributed by atoms with Gasteiger partial charge in [0.15, 0.2) is 12.4 Å². The molecule has 29 heavy (non-hydrogen) atoms. The molecule has 0 aromatic rings. The molecule has 0 spiro atoms. The number of carbonyl (C=O) groups excluding carboxylic acids is 1. The number of methoxy groups -OCH3 is 1. The van der Waals surface area contributed by atoms with Crippen LogP contribution < -0.4 is 5.32 Å². The molecule has 2 fully saturated rings. The lowest BCUT2D eigenvalue weighted by Crippen LogP contribution is -2.68. The molecule has 13 heteroatoms. The second-order valence-electron chi connectivity index (χ2n) is 6.65. The standard InChI is InChI=1S/C16H25NO12/c1-5(19)17-7-8(20)11(25-2)6(4-18)27-15(7)28-12-9(21)10(22)16(26-3)29-13(12)14(23)24/h6-13,15-16,18,20-22H,3-4H2,1-2H3,(H-,17,19,23,24)/p+1/t6-,7?,8-,9-,10-,11?,12?,13+,15?,16+/m1/s1. The second kappa shape index (κ2) is 9.97. The third-order valence-electron chi connectivity index (χ3n) is 4.74. The molecule has 0 bridgehead atoms. The summed E-state index contributed by atoms with van der Waals surface area (Å²) in [5.41, 5.74) is 0. The molecule has 0 saturated carbocycles. The number of aliphatic hydroxyl groups is 4. The molecule has 6 N–H and O–H groups in total. The van der Waals surface area contributed by atoms with Crippen molar-refractivity contribution < 1.29 is 58.8 Å². The third kappa shape index (κ3) is 4.96. The van der Waals surface area contributed by atoms with E-state index in [4.69, 9.17) is 18.9 Å². The largest absolute Gasteiger partial charge is 0.479 e. The fourth-order valence-electron chi connectivity index (χ4n) is 3.34. The molecule has 4 unspecified atom stereocenters. The zero-order valence-corrected chi connectivity index (χ0v) is 15.8. The first-order valence-electron chi connectivity index (χ1n) is 8.71. The highest BCUT2D eigenvalue weighted by Gasteiger charge is 2.54. The number of aliphatic carboxylic acids is 1. The van der Waals surface area contributed by atoms with Crippen molar-refractivity contribution in [2.45, 2.75) is 68.3 Å². The maximum Gasteiger partial charge on any atom is 0.335 e. The van der Waals surface area contributed by atoms with Gasteiger partial charge in [0, 0.05) is 14.0 Å². The van der Waals surface area contributed by atoms with Crippen molar-refractivity contribution >= 4 is 11.9 Å². The summed E-state index contributed by atoms with van der Waals surface area (Å²) in [4.78, 5) is 23.1. The summed E-state index contributed by atoms with van der Waals surface area (Å²) < 4.78 is 25.8. The maximum atomic E-state index is 11.6. The molecule has 2 saturated heterocycles. The van der Waals surface area contributed by atoms with Crippen molar-refractivity contribution in [2.75, 3.05) is 13.7 Å². The summed E-state index contributed by atoms with van der Waals surface area (Å²) in [6.07, 6.45) is -13.6. The zero-order chi connectivity index (χ0) is 21.9. The van der Waals surface area contributed by atoms with Gasteiger partial charge >= 0.3 is 5.97 Å². The van der Waals surface area contributed by atoms with Crippen LogP contribution in [0.2, 0.25) is 0 Å². The molecule has 2 aliphatic rings. The monoisotopic (exact) mass is 424 g/mol. The lowest BCUT2D eigenvalue weighted by atomic mass is 9.95. The van der Waals surface area contributed by atoms with Gasteiger partial charge in [-0.3, -0.25) is 4.79 Å². The first kappa shape index (κ1) is 23.7. The lowest BCUT2D eigenvalue weighted by molar-refractivity contribution is -0.337. The van der Waals surface area contributed by atoms with Gasteiger partial charge in [-0.15, -0.1) is 0 Å². The van der Waals surface area contributed by atoms with E-state index in [1.165, 1.54) is 14.0 Å². The Hall–Kier alpha value is -1.55. The minimum absolute atomic E-state index is 0.565. The molecule has 0 aromatic heterocycles. The molecule has 1 amide bonds. The van der Waals surface area contributed by atoms with Crippen LogP contribution in [-0.2, 0) is 33.3 Å². The number of aliphatic hydroxyl groups excluding tert-OH is 4. The van der Waals surface area contributed by atoms with Gasteiger partial charge in [-0.2, -0.15) is 4.74 Å². The fraction of sp³-hybridized carbons (Fsp3) is 0.812. The zero-order valence-electron chi connectivity index (χ0n) is 15.8. The van der Waals surface area contributed by atoms with Gasteiger partial charge in [0.2, 0.25) is 19.3 Å². The number of carboxylic acid groups (broad SMARTS) is 1. The van der Waals surface area contributed by atoms with Gasteiger partial charge < -0.3 is 49.8 Å². The molecule has 2 rings (SSSR count). The average Bonchev–Trinajstić information content (AvgIpc) is 2.67. The summed E-state index contributed by atoms with van der Waals surface area (Å²) in [6, 6.07) is -1.25. The molecular weight excluding hydrogens is 398 g/mol. The Bertz CT molecular complexity index is 576. The Labute approximate surface area is 166 Å². The van der Waals surface area contributed by atoms with E-state index >= 15 is 0 Å². The number of carbonyl (C=O) groups is 2. The van der Waals surface area contributed by atoms with Gasteiger partial charge in [0.25, 0.3) is 0 Å². The van der Waals surface area contributed by atoms with Crippen LogP contribution in [0.1, 0.15) is 6.92 Å². The number of hydrogen-bond acceptors (Lipinski definition) is 11. The molecule has 2 heterocycles. The van der Waals surface area contributed by atoms with E-state index in [2.05, 4.69) is 17.2 Å². The van der Waals surface area contributed by atoms with Crippen LogP contribution in [0.5, 0.6) is 0 Å². The predicted octanol–water partition coefficient (Wildman–Crippen LogP) is -3.69. The summed E-state index contributed by atoms with van der Waals surface area (Å²) in [7, 11) is 4.31. The van der Waals surface area contributed by atoms with Gasteiger partial charge in [-0.05, 0) is 0 Å². The number of carboxylic acids is 1. The van der Waals surface area contributed by atoms with Crippen molar-refractivity contribution in [1.82, 2.24) is 5.32 Å². The van der Waals surface area contributed by atoms with E-state index in [0.717, 1.165) is 0 Å². The molecule has 0 aliphatic carbocycles. The van der Waals surface area contributed by atoms with E-state index in [9.17, 15) is 35.1 Å². The number of rotatable bonds is 7. The number of ether oxygens (including phenoxy) is 5. The summed E-state index contributed by atoms with van der Waals surface area (Å²) in [6.45, 7) is 0.580. The Morgan fingerprint density at radius 3 is 2.21 bits per heavy atom. The molecular formula is C16H26NO12+. The van der Waals surface area contributed by atoms with E-state index in [1.54, 1.807) is 0 Å². The Balaban J connectivity index is 2.30. The van der Waals surface area contributed by atoms with Crippen LogP contribution in [0.15, 0.2) is 0 Å². The topological polar surface area (TPSA) is 193 Å². The van der Waals surface area contributed by atoms with E-state index in [0.29, 0.717) is 0 Å². The van der Waals surface area contributed by atoms with E-state index in [-0.39, 0.29) is 0 Å². The SMILES string of the molecule is [CH2+]O[C@H]1O[C@H](C(=O)O)C(OC2O[C@H](CO)C(OC)[C@H](O)C2NC(C)=O)[C@H](O)[C@H]1O. The normalized spacial score (nSPS) is 43.0. The van der Waals surface area contributed by atoms with E-state index in [1.807, 2.05) is 0 Å². The van der Waals surface area contributed by atoms with Gasteiger partial charge in [-0.25, -0.2) is 4.79 Å². The minimum Gasteiger partial charge on any atom is -0.479 e. The van der Waals surface area contributed by atoms with Gasteiger partial charge in [0.1, 0.15) is 42.7 Å². The van der Waals surface area contributed by atoms with Crippen LogP contribution in [0.25, 0.3) is 0 Å². The average molecular weight is 424 g/mol. The van der Waals surface area contributed by atoms with Crippen LogP contribution in [0, 0.1) is 7.11 Å². The molecule has 2 aliphatic heterocycles. The summed E-state index contributed by atoms with van der Waals surface area (Å²) >= 11 is 0. The molecule has 166 valence electrons. The van der Waals surface area contributed by atoms with Crippen LogP contribution in [0.4, 0.5) is 0 Å². The Morgan fingerprint density at radius 1 is 1.07 bits per heavy atom. The first-order chi connectivity index (χ1) is 13.7. The number of amides is 1. The highest BCUT2D eigenvalue weighted by molar-refractivity contribution is 5.74. The smallest absolute Gasteiger partial charge is 0.335 e. The summed E-state index contributed by atoms with van der Waals surface area (Å²) in [5, 5.41) is 52.3. The lowest BCUT2D eigenvalue weighted by Gasteiger charge is -2.46. The van der Waals surface area contributed by atoms with Crippen LogP contribution in [0.3, 0.4) is 0 Å². The Morgan fingerprint density at radius 2 is 1.72 bits per heavy atom. The highest BCUT2D eigenvalue weighted by Crippen LogP contribution is 2.30. The fourth-order valence-corrected chi connectivity index (χ4v) is 3.34. The quantitative estimate of drug-likeness (QED) is 0.219. The summed E-state index contributed by atoms with van der Waals surface area (Å²) in [5.74, 6) is -2.10. The third-order valence-corrected chi connectivity index (χ3v) is 4.74. The predicted molar refractivity (Wildman–Crippen MR) is 89.8 cm³/mol. The van der Waals surface area contributed by atoms with Crippen molar-refractivity contribution in [1.29, 1.82) is 0 Å². The van der Waals surface area contributed by atoms with Crippen LogP contribution in [-0.4, -0.2) is 112 Å². The van der Waals surface area contributed by atoms with Gasteiger partial charge in [-0.1, -0.05) is 0 Å². The van der Waals surface area contributed by atoms with Crippen molar-refractivity contribution in [3.8, 4) is 0 Å². The van der Waals surface area contributed by atoms with Crippen LogP contribution >= 0.6 is 0 Å². The number of nitrogens with one attached hydrogen (secondary N) is 1. The van der Waals surface area contributed by atoms with Crippen molar-refractivity contribution in [3.05, 3.63) is 7.11 Å². The number of hydrogen-bond donors (Lipinski definition) is 6. The van der Waals surface area contributed by atoms with Gasteiger partial charge in [0.05, 0.1) is 6.61 Å². The first-order valence-corrected chi connectivity index (χ1v) is 8.71. The highest BCUT2D eigenvalue weighted by atomic mass is 16.7. The van der Waals surface area contributed by atoms with Crippen molar-refractivity contribution in [2.24, 2.45) is 0 Å². The molecule has 0 radical (unpaired) electrons. The minimum atomic E-state index is -1.80. The Kier molecular flexibility index (Phi) is 8.16. The van der Waals surface area contributed by atoms with Crippen molar-refractivity contribution in [3.63, 3.8) is 0 Å². The molecule has 10 atom stereocenters. The molecule has 0 aromatic carbocycles.